The number of hydrogen-bond donors (Lipinski definition) is 1. The topological polar surface area (TPSA) is 73.3 Å². The summed E-state index contributed by atoms with van der Waals surface area (Å²) in [4.78, 5) is 31.8. The lowest BCUT2D eigenvalue weighted by Crippen LogP contribution is -2.43. The van der Waals surface area contributed by atoms with Gasteiger partial charge in [0.1, 0.15) is 11.6 Å². The van der Waals surface area contributed by atoms with E-state index >= 15 is 0 Å². The Kier molecular flexibility index (Phi) is 7.86. The van der Waals surface area contributed by atoms with Gasteiger partial charge in [0.15, 0.2) is 0 Å². The fourth-order valence-corrected chi connectivity index (χ4v) is 5.47. The number of amides is 1. The lowest BCUT2D eigenvalue weighted by molar-refractivity contribution is -0.130. The van der Waals surface area contributed by atoms with E-state index in [1.807, 2.05) is 18.6 Å². The minimum atomic E-state index is 0.327. The summed E-state index contributed by atoms with van der Waals surface area (Å²) in [5, 5.41) is 0. The van der Waals surface area contributed by atoms with E-state index in [-0.39, 0.29) is 0 Å². The van der Waals surface area contributed by atoms with Gasteiger partial charge in [-0.1, -0.05) is 13.8 Å². The van der Waals surface area contributed by atoms with E-state index in [9.17, 15) is 4.79 Å². The van der Waals surface area contributed by atoms with Crippen molar-refractivity contribution in [3.63, 3.8) is 0 Å². The molecule has 2 aliphatic rings. The van der Waals surface area contributed by atoms with Crippen molar-refractivity contribution in [1.29, 1.82) is 0 Å². The molecular formula is C25H41N7O. The third-order valence-electron chi connectivity index (χ3n) is 7.31. The molecule has 0 saturated carbocycles. The van der Waals surface area contributed by atoms with Gasteiger partial charge in [0, 0.05) is 57.4 Å². The average molecular weight is 456 g/mol. The van der Waals surface area contributed by atoms with Crippen LogP contribution in [0.5, 0.6) is 0 Å². The zero-order valence-corrected chi connectivity index (χ0v) is 20.7. The van der Waals surface area contributed by atoms with Crippen LogP contribution in [0.3, 0.4) is 0 Å². The van der Waals surface area contributed by atoms with Crippen molar-refractivity contribution >= 4 is 5.91 Å². The quantitative estimate of drug-likeness (QED) is 0.596. The first-order valence-corrected chi connectivity index (χ1v) is 12.6. The Morgan fingerprint density at radius 3 is 2.67 bits per heavy atom. The van der Waals surface area contributed by atoms with Crippen LogP contribution in [0.25, 0.3) is 0 Å². The highest BCUT2D eigenvalue weighted by molar-refractivity contribution is 5.76. The minimum Gasteiger partial charge on any atom is -0.348 e. The van der Waals surface area contributed by atoms with Gasteiger partial charge >= 0.3 is 0 Å². The molecule has 2 fully saturated rings. The van der Waals surface area contributed by atoms with E-state index in [1.165, 1.54) is 38.9 Å². The van der Waals surface area contributed by atoms with Crippen LogP contribution in [0.2, 0.25) is 0 Å². The van der Waals surface area contributed by atoms with E-state index in [1.54, 1.807) is 6.20 Å². The number of carbonyl (C=O) groups is 1. The zero-order valence-electron chi connectivity index (χ0n) is 20.7. The summed E-state index contributed by atoms with van der Waals surface area (Å²) in [6.07, 6.45) is 12.6. The summed E-state index contributed by atoms with van der Waals surface area (Å²) in [6, 6.07) is 0. The van der Waals surface area contributed by atoms with Crippen LogP contribution < -0.4 is 0 Å². The molecule has 2 saturated heterocycles. The number of nitrogens with one attached hydrogen (secondary N) is 1. The molecule has 33 heavy (non-hydrogen) atoms. The van der Waals surface area contributed by atoms with Gasteiger partial charge in [0.05, 0.1) is 13.1 Å². The number of nitrogens with zero attached hydrogens (tertiary/aromatic N) is 6. The predicted molar refractivity (Wildman–Crippen MR) is 129 cm³/mol. The number of imidazole rings is 2. The Hall–Kier alpha value is -2.19. The highest BCUT2D eigenvalue weighted by Crippen LogP contribution is 2.40. The van der Waals surface area contributed by atoms with Crippen LogP contribution in [-0.4, -0.2) is 79.9 Å². The van der Waals surface area contributed by atoms with Crippen LogP contribution in [0.15, 0.2) is 24.8 Å². The van der Waals surface area contributed by atoms with Crippen molar-refractivity contribution in [3.05, 3.63) is 36.4 Å². The SMILES string of the molecule is CC(C)CN1CCC2(CC1)CCN(C(=O)CCCn1ccnc1CN(C)Cc1ncc[nH]1)C2. The van der Waals surface area contributed by atoms with Crippen molar-refractivity contribution in [1.82, 2.24) is 34.2 Å². The Morgan fingerprint density at radius 1 is 1.15 bits per heavy atom. The predicted octanol–water partition coefficient (Wildman–Crippen LogP) is 2.99. The molecule has 2 aliphatic heterocycles. The summed E-state index contributed by atoms with van der Waals surface area (Å²) in [6.45, 7) is 12.4. The summed E-state index contributed by atoms with van der Waals surface area (Å²) >= 11 is 0. The molecule has 2 aromatic heterocycles. The smallest absolute Gasteiger partial charge is 0.222 e. The average Bonchev–Trinajstić information content (AvgIpc) is 3.52. The van der Waals surface area contributed by atoms with Gasteiger partial charge in [0.2, 0.25) is 5.91 Å². The number of H-pyrrole nitrogens is 1. The third kappa shape index (κ3) is 6.44. The Morgan fingerprint density at radius 2 is 1.94 bits per heavy atom. The summed E-state index contributed by atoms with van der Waals surface area (Å²) < 4.78 is 2.18. The van der Waals surface area contributed by atoms with E-state index in [0.29, 0.717) is 17.7 Å². The monoisotopic (exact) mass is 455 g/mol. The number of aromatic nitrogens is 4. The first-order valence-electron chi connectivity index (χ1n) is 12.6. The van der Waals surface area contributed by atoms with Crippen molar-refractivity contribution < 1.29 is 4.79 Å². The second-order valence-corrected chi connectivity index (χ2v) is 10.6. The van der Waals surface area contributed by atoms with Crippen LogP contribution >= 0.6 is 0 Å². The first kappa shape index (κ1) is 24.0. The van der Waals surface area contributed by atoms with Crippen molar-refractivity contribution in [2.24, 2.45) is 11.3 Å². The molecule has 1 amide bonds. The molecule has 1 spiro atoms. The minimum absolute atomic E-state index is 0.327. The maximum Gasteiger partial charge on any atom is 0.222 e. The Bertz CT molecular complexity index is 867. The second-order valence-electron chi connectivity index (χ2n) is 10.6. The van der Waals surface area contributed by atoms with Crippen molar-refractivity contribution in [2.75, 3.05) is 39.8 Å². The third-order valence-corrected chi connectivity index (χ3v) is 7.31. The van der Waals surface area contributed by atoms with Crippen LogP contribution in [0, 0.1) is 11.3 Å². The van der Waals surface area contributed by atoms with E-state index in [4.69, 9.17) is 0 Å². The number of likely N-dealkylation sites (tertiary alicyclic amines) is 2. The van der Waals surface area contributed by atoms with Gasteiger partial charge in [-0.25, -0.2) is 9.97 Å². The number of rotatable bonds is 10. The maximum atomic E-state index is 12.9. The van der Waals surface area contributed by atoms with Gasteiger partial charge < -0.3 is 19.4 Å². The summed E-state index contributed by atoms with van der Waals surface area (Å²) in [5.74, 6) is 3.04. The molecule has 0 atom stereocenters. The Labute approximate surface area is 198 Å². The maximum absolute atomic E-state index is 12.9. The molecule has 4 rings (SSSR count). The second kappa shape index (κ2) is 10.8. The molecule has 4 heterocycles. The number of carbonyl (C=O) groups excluding carboxylic acids is 1. The molecule has 8 heteroatoms. The van der Waals surface area contributed by atoms with Crippen LogP contribution in [0.4, 0.5) is 0 Å². The number of aromatic amines is 1. The van der Waals surface area contributed by atoms with Gasteiger partial charge in [-0.15, -0.1) is 0 Å². The molecular weight excluding hydrogens is 414 g/mol. The van der Waals surface area contributed by atoms with Gasteiger partial charge in [0.25, 0.3) is 0 Å². The van der Waals surface area contributed by atoms with Crippen LogP contribution in [0.1, 0.15) is 57.6 Å². The molecule has 2 aromatic rings. The standard InChI is InChI=1S/C25H41N7O/c1-21(2)17-30-13-6-25(7-14-30)8-15-32(20-25)24(33)5-4-12-31-16-11-28-23(31)19-29(3)18-22-26-9-10-27-22/h9-11,16,21H,4-8,12-15,17-20H2,1-3H3,(H,26,27). The molecule has 8 nitrogen and oxygen atoms in total. The molecule has 0 radical (unpaired) electrons. The molecule has 0 unspecified atom stereocenters. The highest BCUT2D eigenvalue weighted by atomic mass is 16.2. The van der Waals surface area contributed by atoms with E-state index in [0.717, 1.165) is 56.7 Å². The first-order chi connectivity index (χ1) is 15.9. The fourth-order valence-electron chi connectivity index (χ4n) is 5.47. The molecule has 1 N–H and O–H groups in total. The van der Waals surface area contributed by atoms with Crippen LogP contribution in [-0.2, 0) is 24.4 Å². The van der Waals surface area contributed by atoms with Crippen molar-refractivity contribution in [2.45, 2.75) is 65.6 Å². The largest absolute Gasteiger partial charge is 0.348 e. The van der Waals surface area contributed by atoms with E-state index in [2.05, 4.69) is 55.1 Å². The lowest BCUT2D eigenvalue weighted by atomic mass is 9.77. The van der Waals surface area contributed by atoms with Gasteiger partial charge in [-0.3, -0.25) is 9.69 Å². The molecule has 0 aromatic carbocycles. The summed E-state index contributed by atoms with van der Waals surface area (Å²) in [7, 11) is 2.07. The van der Waals surface area contributed by atoms with Gasteiger partial charge in [-0.2, -0.15) is 0 Å². The van der Waals surface area contributed by atoms with Crippen molar-refractivity contribution in [3.8, 4) is 0 Å². The molecule has 182 valence electrons. The number of aryl methyl sites for hydroxylation is 1. The highest BCUT2D eigenvalue weighted by Gasteiger charge is 2.41. The summed E-state index contributed by atoms with van der Waals surface area (Å²) in [5.41, 5.74) is 0.374. The number of hydrogen-bond acceptors (Lipinski definition) is 5. The fraction of sp³-hybridized carbons (Fsp3) is 0.720. The molecule has 0 aliphatic carbocycles. The van der Waals surface area contributed by atoms with E-state index < -0.39 is 0 Å². The zero-order chi connectivity index (χ0) is 23.3. The number of piperidine rings is 1. The Balaban J connectivity index is 1.19. The lowest BCUT2D eigenvalue weighted by Gasteiger charge is -2.39. The normalized spacial score (nSPS) is 18.8. The van der Waals surface area contributed by atoms with Gasteiger partial charge in [-0.05, 0) is 57.2 Å². The molecule has 0 bridgehead atoms.